The van der Waals surface area contributed by atoms with Gasteiger partial charge in [-0.3, -0.25) is 28.8 Å². The van der Waals surface area contributed by atoms with Crippen LogP contribution in [0.15, 0.2) is 94.1 Å². The van der Waals surface area contributed by atoms with Gasteiger partial charge in [0.05, 0.1) is 6.42 Å². The molecule has 0 spiro atoms. The highest BCUT2D eigenvalue weighted by molar-refractivity contribution is 6.11. The van der Waals surface area contributed by atoms with Gasteiger partial charge in [0.25, 0.3) is 0 Å². The Morgan fingerprint density at radius 1 is 0.547 bits per heavy atom. The van der Waals surface area contributed by atoms with Gasteiger partial charge in [-0.2, -0.15) is 0 Å². The fourth-order valence-electron chi connectivity index (χ4n) is 22.1. The molecule has 4 heterocycles. The molecule has 10 aliphatic carbocycles. The van der Waals surface area contributed by atoms with Gasteiger partial charge in [-0.15, -0.1) is 0 Å². The van der Waals surface area contributed by atoms with Crippen molar-refractivity contribution in [3.63, 3.8) is 0 Å². The van der Waals surface area contributed by atoms with Crippen molar-refractivity contribution < 1.29 is 33.9 Å². The monoisotopic (exact) mass is 1290 g/mol. The summed E-state index contributed by atoms with van der Waals surface area (Å²) in [7, 11) is 0. The number of hydrogen-bond acceptors (Lipinski definition) is 9. The van der Waals surface area contributed by atoms with E-state index in [1.807, 2.05) is 39.8 Å². The number of para-hydroxylation sites is 2. The molecule has 8 bridgehead atoms. The minimum Gasteiger partial charge on any atom is -0.481 e. The number of carbonyl (C=O) groups excluding carboxylic acids is 5. The lowest BCUT2D eigenvalue weighted by molar-refractivity contribution is -0.145. The third-order valence-corrected chi connectivity index (χ3v) is 25.5. The number of aromatic nitrogens is 2. The zero-order valence-corrected chi connectivity index (χ0v) is 58.9. The number of fused-ring (bicyclic) bond motifs is 2. The molecule has 95 heavy (non-hydrogen) atoms. The summed E-state index contributed by atoms with van der Waals surface area (Å²) in [6, 6.07) is 17.2. The van der Waals surface area contributed by atoms with Crippen LogP contribution in [-0.2, 0) is 19.2 Å². The minimum atomic E-state index is -0.577. The van der Waals surface area contributed by atoms with Crippen molar-refractivity contribution >= 4 is 56.8 Å². The maximum absolute atomic E-state index is 13.8. The van der Waals surface area contributed by atoms with Crippen LogP contribution in [0, 0.1) is 72.0 Å². The van der Waals surface area contributed by atoms with Gasteiger partial charge in [-0.25, -0.2) is 0 Å². The largest absolute Gasteiger partial charge is 0.481 e. The summed E-state index contributed by atoms with van der Waals surface area (Å²) in [5.74, 6) is 6.69. The predicted octanol–water partition coefficient (Wildman–Crippen LogP) is 16.2. The normalized spacial score (nSPS) is 28.3. The number of carboxylic acid groups (broad SMARTS) is 1. The van der Waals surface area contributed by atoms with Gasteiger partial charge in [0.1, 0.15) is 0 Å². The van der Waals surface area contributed by atoms with E-state index in [4.69, 9.17) is 10.8 Å². The van der Waals surface area contributed by atoms with Gasteiger partial charge in [-0.1, -0.05) is 59.7 Å². The van der Waals surface area contributed by atoms with Gasteiger partial charge in [0.15, 0.2) is 23.1 Å². The number of allylic oxidation sites excluding steroid dienone is 8. The third-order valence-electron chi connectivity index (χ3n) is 25.5. The van der Waals surface area contributed by atoms with Crippen molar-refractivity contribution in [1.82, 2.24) is 24.3 Å². The topological polar surface area (TPSA) is 177 Å². The van der Waals surface area contributed by atoms with E-state index in [1.54, 1.807) is 0 Å². The molecule has 0 radical (unpaired) electrons. The lowest BCUT2D eigenvalue weighted by atomic mass is 9.49. The van der Waals surface area contributed by atoms with E-state index in [0.717, 1.165) is 191 Å². The van der Waals surface area contributed by atoms with E-state index in [-0.39, 0.29) is 40.5 Å². The molecular weight excluding hydrogens is 1180 g/mol. The first kappa shape index (κ1) is 68.9. The van der Waals surface area contributed by atoms with E-state index in [0.29, 0.717) is 74.8 Å². The summed E-state index contributed by atoms with van der Waals surface area (Å²) in [6.07, 6.45) is 28.6. The standard InChI is InChI=1S/C41H55N3O3.C29H39N3O2.C12H18O2/c1-26-17-27(2)34(38(46)18-26)9-10-37(45)40-29(4)44(36-8-6-5-7-35(36)40)28(3)33-11-14-43(15-12-33)16-13-42-39(47)25-41-22-30-19-31(23-41)21-32(20-30)24-41;1-19-17-20(2)24(28(34)18-19)9-10-27(33)29-22(4)32(26-8-6-5-7-25(26)29)21(3)23-11-14-31(15-12-23)16-13-30;13-11(14)7-12-4-8-1-9(5-12)3-10(2-8)6-12/h5-8,17,28,30-33H,9-16,18-25H2,1-4H3,(H,42,47);5-8,17,21,23H,9-16,18,30H2,1-4H3;8-10H,1-7H2,(H,13,14)/t28-,30?,31?,32?,41?;21-;/m00./s1. The molecule has 13 nitrogen and oxygen atoms in total. The average molecular weight is 1290 g/mol. The number of nitrogens with two attached hydrogens (primary N) is 1. The predicted molar refractivity (Wildman–Crippen MR) is 381 cm³/mol. The van der Waals surface area contributed by atoms with Crippen LogP contribution in [0.2, 0.25) is 0 Å². The number of nitrogens with one attached hydrogen (secondary N) is 1. The van der Waals surface area contributed by atoms with Crippen LogP contribution in [0.1, 0.15) is 240 Å². The fraction of sp³-hybridized carbons (Fsp3) is 0.634. The van der Waals surface area contributed by atoms with E-state index in [2.05, 4.69) is 100 Å². The molecule has 8 saturated carbocycles. The number of amides is 1. The molecule has 12 aliphatic rings. The van der Waals surface area contributed by atoms with Crippen LogP contribution in [0.5, 0.6) is 0 Å². The van der Waals surface area contributed by atoms with E-state index < -0.39 is 5.97 Å². The highest BCUT2D eigenvalue weighted by Gasteiger charge is 2.53. The minimum absolute atomic E-state index is 0.129. The van der Waals surface area contributed by atoms with Gasteiger partial charge in [0, 0.05) is 115 Å². The molecule has 2 aromatic carbocycles. The molecule has 4 aromatic rings. The average Bonchev–Trinajstić information content (AvgIpc) is 1.47. The second kappa shape index (κ2) is 29.2. The summed E-state index contributed by atoms with van der Waals surface area (Å²) in [4.78, 5) is 81.5. The van der Waals surface area contributed by atoms with Crippen LogP contribution < -0.4 is 11.1 Å². The molecule has 2 aliphatic heterocycles. The Morgan fingerprint density at radius 2 is 0.916 bits per heavy atom. The summed E-state index contributed by atoms with van der Waals surface area (Å²) in [5, 5.41) is 14.3. The van der Waals surface area contributed by atoms with Crippen molar-refractivity contribution in [2.45, 2.75) is 222 Å². The number of ketones is 4. The second-order valence-corrected chi connectivity index (χ2v) is 32.6. The summed E-state index contributed by atoms with van der Waals surface area (Å²) >= 11 is 0. The highest BCUT2D eigenvalue weighted by atomic mass is 16.4. The molecule has 2 aromatic heterocycles. The maximum Gasteiger partial charge on any atom is 0.303 e. The van der Waals surface area contributed by atoms with Crippen LogP contribution in [-0.4, -0.2) is 111 Å². The molecule has 512 valence electrons. The van der Waals surface area contributed by atoms with Crippen molar-refractivity contribution in [3.8, 4) is 0 Å². The van der Waals surface area contributed by atoms with Crippen LogP contribution >= 0.6 is 0 Å². The summed E-state index contributed by atoms with van der Waals surface area (Å²) in [6.45, 7) is 24.4. The number of likely N-dealkylation sites (tertiary alicyclic amines) is 2. The number of rotatable bonds is 21. The summed E-state index contributed by atoms with van der Waals surface area (Å²) in [5.41, 5.74) is 18.1. The van der Waals surface area contributed by atoms with E-state index in [1.165, 1.54) is 77.0 Å². The van der Waals surface area contributed by atoms with Gasteiger partial charge < -0.3 is 35.1 Å². The quantitative estimate of drug-likeness (QED) is 0.0681. The highest BCUT2D eigenvalue weighted by Crippen LogP contribution is 2.62. The Balaban J connectivity index is 0.000000156. The Labute approximate surface area is 566 Å². The van der Waals surface area contributed by atoms with Crippen molar-refractivity contribution in [2.75, 3.05) is 52.4 Å². The number of carbonyl (C=O) groups is 6. The van der Waals surface area contributed by atoms with Crippen LogP contribution in [0.25, 0.3) is 21.8 Å². The lowest BCUT2D eigenvalue weighted by Crippen LogP contribution is -2.48. The van der Waals surface area contributed by atoms with Crippen molar-refractivity contribution in [1.29, 1.82) is 0 Å². The number of nitrogens with zero attached hydrogens (tertiary/aromatic N) is 4. The van der Waals surface area contributed by atoms with Crippen molar-refractivity contribution in [3.05, 3.63) is 117 Å². The molecular formula is C82H112N6O7. The van der Waals surface area contributed by atoms with Gasteiger partial charge in [-0.05, 0) is 290 Å². The number of Topliss-reactive ketones (excluding diaryl/α,β-unsaturated/α-hetero) is 4. The molecule has 2 atom stereocenters. The maximum atomic E-state index is 13.8. The van der Waals surface area contributed by atoms with Crippen LogP contribution in [0.4, 0.5) is 0 Å². The Kier molecular flexibility index (Phi) is 21.2. The zero-order valence-electron chi connectivity index (χ0n) is 58.9. The molecule has 2 saturated heterocycles. The molecule has 16 rings (SSSR count). The Hall–Kier alpha value is -6.02. The molecule has 1 amide bonds. The molecule has 10 fully saturated rings. The lowest BCUT2D eigenvalue weighted by Gasteiger charge is -2.56. The molecule has 0 unspecified atom stereocenters. The summed E-state index contributed by atoms with van der Waals surface area (Å²) < 4.78 is 4.81. The second-order valence-electron chi connectivity index (χ2n) is 32.6. The number of piperidine rings is 2. The SMILES string of the molecule is CC1=CC(C)=C(CCC(=O)c2c(C)n([C@@H](C)C3CCN(CCN)CC3)c3ccccc23)C(=O)C1.CC1=CC(C)=C(CCC(=O)c2c(C)n([C@@H](C)C3CCN(CCNC(=O)CC45CC6CC(CC(C6)C4)C5)CC3)c3ccccc23)C(=O)C1.O=C(O)CC12CC3CC(CC(C3)C1)C2. The first-order valence-electron chi connectivity index (χ1n) is 37.2. The zero-order chi connectivity index (χ0) is 67.0. The first-order chi connectivity index (χ1) is 45.6. The number of aliphatic carboxylic acids is 1. The Bertz CT molecular complexity index is 3630. The third kappa shape index (κ3) is 15.2. The van der Waals surface area contributed by atoms with Gasteiger partial charge >= 0.3 is 5.97 Å². The molecule has 13 heteroatoms. The molecule has 4 N–H and O–H groups in total. The number of carboxylic acids is 1. The van der Waals surface area contributed by atoms with Crippen molar-refractivity contribution in [2.24, 2.45) is 63.9 Å². The van der Waals surface area contributed by atoms with Gasteiger partial charge in [0.2, 0.25) is 5.91 Å². The van der Waals surface area contributed by atoms with E-state index >= 15 is 0 Å². The first-order valence-corrected chi connectivity index (χ1v) is 37.2. The smallest absolute Gasteiger partial charge is 0.303 e. The number of benzene rings is 2. The van der Waals surface area contributed by atoms with Crippen LogP contribution in [0.3, 0.4) is 0 Å². The Morgan fingerprint density at radius 3 is 1.28 bits per heavy atom. The van der Waals surface area contributed by atoms with E-state index in [9.17, 15) is 28.8 Å². The fourth-order valence-corrected chi connectivity index (χ4v) is 22.1. The number of hydrogen-bond donors (Lipinski definition) is 3.